The minimum absolute atomic E-state index is 0.209. The monoisotopic (exact) mass is 308 g/mol. The summed E-state index contributed by atoms with van der Waals surface area (Å²) in [4.78, 5) is 12.2. The van der Waals surface area contributed by atoms with Gasteiger partial charge in [0.1, 0.15) is 5.75 Å². The Hall–Kier alpha value is -2.62. The van der Waals surface area contributed by atoms with Crippen molar-refractivity contribution in [3.8, 4) is 5.75 Å². The predicted octanol–water partition coefficient (Wildman–Crippen LogP) is 3.42. The first-order valence-corrected chi connectivity index (χ1v) is 7.79. The maximum Gasteiger partial charge on any atom is 0.271 e. The van der Waals surface area contributed by atoms with Gasteiger partial charge in [-0.05, 0) is 61.6 Å². The molecule has 1 amide bonds. The number of nitrogens with zero attached hydrogens (tertiary/aromatic N) is 1. The maximum absolute atomic E-state index is 12.2. The zero-order valence-electron chi connectivity index (χ0n) is 13.3. The first-order chi connectivity index (χ1) is 11.0. The first kappa shape index (κ1) is 15.3. The molecule has 0 heterocycles. The summed E-state index contributed by atoms with van der Waals surface area (Å²) in [6.45, 7) is 4.10. The lowest BCUT2D eigenvalue weighted by Crippen LogP contribution is -2.24. The highest BCUT2D eigenvalue weighted by molar-refractivity contribution is 6.04. The molecule has 2 aromatic carbocycles. The van der Waals surface area contributed by atoms with Crippen LogP contribution in [0.4, 0.5) is 0 Å². The van der Waals surface area contributed by atoms with Crippen molar-refractivity contribution in [3.63, 3.8) is 0 Å². The number of amides is 1. The van der Waals surface area contributed by atoms with Crippen molar-refractivity contribution in [2.75, 3.05) is 0 Å². The molecule has 0 spiro atoms. The van der Waals surface area contributed by atoms with Crippen LogP contribution in [0.1, 0.15) is 40.4 Å². The third-order valence-electron chi connectivity index (χ3n) is 4.08. The number of nitrogens with one attached hydrogen (secondary N) is 1. The van der Waals surface area contributed by atoms with Crippen LogP contribution in [0.5, 0.6) is 5.75 Å². The summed E-state index contributed by atoms with van der Waals surface area (Å²) in [5.41, 5.74) is 7.24. The lowest BCUT2D eigenvalue weighted by molar-refractivity contribution is 0.0954. The molecule has 1 unspecified atom stereocenters. The van der Waals surface area contributed by atoms with Crippen LogP contribution in [0, 0.1) is 12.8 Å². The fourth-order valence-corrected chi connectivity index (χ4v) is 2.99. The highest BCUT2D eigenvalue weighted by Crippen LogP contribution is 2.28. The number of hydrogen-bond acceptors (Lipinski definition) is 3. The summed E-state index contributed by atoms with van der Waals surface area (Å²) in [6, 6.07) is 12.7. The fourth-order valence-electron chi connectivity index (χ4n) is 2.99. The number of phenols is 1. The van der Waals surface area contributed by atoms with Crippen LogP contribution in [0.3, 0.4) is 0 Å². The molecule has 1 aliphatic carbocycles. The minimum atomic E-state index is -0.209. The zero-order valence-corrected chi connectivity index (χ0v) is 13.3. The number of aryl methyl sites for hydroxylation is 1. The Morgan fingerprint density at radius 2 is 2.04 bits per heavy atom. The number of rotatable bonds is 2. The Bertz CT molecular complexity index is 781. The molecular weight excluding hydrogens is 288 g/mol. The van der Waals surface area contributed by atoms with Gasteiger partial charge in [0.2, 0.25) is 0 Å². The van der Waals surface area contributed by atoms with Crippen LogP contribution in [0.15, 0.2) is 47.6 Å². The standard InChI is InChI=1S/C19H20N2O2/c1-12-4-3-5-14(8-12)19(23)21-20-18-10-13(2)9-15-11-16(22)6-7-17(15)18/h3-8,11,13,22H,9-10H2,1-2H3,(H,21,23)/b20-18-. The summed E-state index contributed by atoms with van der Waals surface area (Å²) in [5, 5.41) is 14.0. The van der Waals surface area contributed by atoms with E-state index in [4.69, 9.17) is 0 Å². The molecular formula is C19H20N2O2. The van der Waals surface area contributed by atoms with Gasteiger partial charge in [-0.2, -0.15) is 5.10 Å². The Morgan fingerprint density at radius 1 is 1.22 bits per heavy atom. The predicted molar refractivity (Wildman–Crippen MR) is 90.8 cm³/mol. The van der Waals surface area contributed by atoms with Gasteiger partial charge in [0.05, 0.1) is 5.71 Å². The Morgan fingerprint density at radius 3 is 2.83 bits per heavy atom. The van der Waals surface area contributed by atoms with Crippen LogP contribution >= 0.6 is 0 Å². The van der Waals surface area contributed by atoms with Crippen molar-refractivity contribution < 1.29 is 9.90 Å². The maximum atomic E-state index is 12.2. The highest BCUT2D eigenvalue weighted by Gasteiger charge is 2.21. The molecule has 0 bridgehead atoms. The molecule has 1 atom stereocenters. The Balaban J connectivity index is 1.84. The van der Waals surface area contributed by atoms with Crippen molar-refractivity contribution in [1.29, 1.82) is 0 Å². The summed E-state index contributed by atoms with van der Waals surface area (Å²) in [7, 11) is 0. The molecule has 0 radical (unpaired) electrons. The van der Waals surface area contributed by atoms with Gasteiger partial charge in [-0.15, -0.1) is 0 Å². The number of aromatic hydroxyl groups is 1. The number of phenolic OH excluding ortho intramolecular Hbond substituents is 1. The average Bonchev–Trinajstić information content (AvgIpc) is 2.51. The summed E-state index contributed by atoms with van der Waals surface area (Å²) < 4.78 is 0. The molecule has 0 saturated heterocycles. The topological polar surface area (TPSA) is 61.7 Å². The van der Waals surface area contributed by atoms with E-state index < -0.39 is 0 Å². The summed E-state index contributed by atoms with van der Waals surface area (Å²) in [6.07, 6.45) is 1.72. The van der Waals surface area contributed by atoms with Gasteiger partial charge < -0.3 is 5.11 Å². The van der Waals surface area contributed by atoms with E-state index in [1.807, 2.05) is 31.2 Å². The molecule has 0 aliphatic heterocycles. The van der Waals surface area contributed by atoms with Gasteiger partial charge in [-0.3, -0.25) is 4.79 Å². The van der Waals surface area contributed by atoms with Crippen molar-refractivity contribution in [1.82, 2.24) is 5.43 Å². The average molecular weight is 308 g/mol. The van der Waals surface area contributed by atoms with Crippen molar-refractivity contribution >= 4 is 11.6 Å². The van der Waals surface area contributed by atoms with Crippen LogP contribution in [-0.2, 0) is 6.42 Å². The second kappa shape index (κ2) is 6.24. The number of fused-ring (bicyclic) bond motifs is 1. The molecule has 0 fully saturated rings. The van der Waals surface area contributed by atoms with Crippen molar-refractivity contribution in [2.45, 2.75) is 26.7 Å². The van der Waals surface area contributed by atoms with Gasteiger partial charge >= 0.3 is 0 Å². The largest absolute Gasteiger partial charge is 0.508 e. The number of hydrogen-bond donors (Lipinski definition) is 2. The molecule has 0 aromatic heterocycles. The third kappa shape index (κ3) is 3.42. The van der Waals surface area contributed by atoms with Gasteiger partial charge in [0.15, 0.2) is 0 Å². The van der Waals surface area contributed by atoms with Gasteiger partial charge in [0, 0.05) is 11.1 Å². The van der Waals surface area contributed by atoms with E-state index in [1.165, 1.54) is 0 Å². The van der Waals surface area contributed by atoms with E-state index in [1.54, 1.807) is 18.2 Å². The van der Waals surface area contributed by atoms with Crippen LogP contribution in [-0.4, -0.2) is 16.7 Å². The lowest BCUT2D eigenvalue weighted by Gasteiger charge is -2.23. The summed E-state index contributed by atoms with van der Waals surface area (Å²) >= 11 is 0. The summed E-state index contributed by atoms with van der Waals surface area (Å²) in [5.74, 6) is 0.486. The van der Waals surface area contributed by atoms with Gasteiger partial charge in [-0.25, -0.2) is 5.43 Å². The second-order valence-electron chi connectivity index (χ2n) is 6.22. The quantitative estimate of drug-likeness (QED) is 0.835. The smallest absolute Gasteiger partial charge is 0.271 e. The molecule has 4 heteroatoms. The van der Waals surface area contributed by atoms with Crippen LogP contribution in [0.25, 0.3) is 0 Å². The number of hydrazone groups is 1. The molecule has 3 rings (SSSR count). The minimum Gasteiger partial charge on any atom is -0.508 e. The van der Waals surface area contributed by atoms with Crippen LogP contribution in [0.2, 0.25) is 0 Å². The fraction of sp³-hybridized carbons (Fsp3) is 0.263. The Labute approximate surface area is 135 Å². The highest BCUT2D eigenvalue weighted by atomic mass is 16.3. The zero-order chi connectivity index (χ0) is 16.4. The number of benzene rings is 2. The number of carbonyl (C=O) groups is 1. The van der Waals surface area contributed by atoms with Crippen molar-refractivity contribution in [3.05, 3.63) is 64.7 Å². The van der Waals surface area contributed by atoms with E-state index >= 15 is 0 Å². The first-order valence-electron chi connectivity index (χ1n) is 7.79. The molecule has 0 saturated carbocycles. The van der Waals surface area contributed by atoms with E-state index in [2.05, 4.69) is 17.5 Å². The molecule has 118 valence electrons. The molecule has 2 N–H and O–H groups in total. The van der Waals surface area contributed by atoms with Gasteiger partial charge in [-0.1, -0.05) is 24.6 Å². The van der Waals surface area contributed by atoms with E-state index in [9.17, 15) is 9.90 Å². The molecule has 2 aromatic rings. The van der Waals surface area contributed by atoms with Crippen molar-refractivity contribution in [2.24, 2.45) is 11.0 Å². The normalized spacial score (nSPS) is 18.5. The van der Waals surface area contributed by atoms with Crippen LogP contribution < -0.4 is 5.43 Å². The van der Waals surface area contributed by atoms with E-state index in [-0.39, 0.29) is 11.7 Å². The molecule has 4 nitrogen and oxygen atoms in total. The SMILES string of the molecule is Cc1cccc(C(=O)N/N=C2/CC(C)Cc3cc(O)ccc32)c1. The lowest BCUT2D eigenvalue weighted by atomic mass is 9.83. The molecule has 1 aliphatic rings. The Kier molecular flexibility index (Phi) is 4.15. The van der Waals surface area contributed by atoms with E-state index in [0.29, 0.717) is 11.5 Å². The van der Waals surface area contributed by atoms with E-state index in [0.717, 1.165) is 35.2 Å². The van der Waals surface area contributed by atoms with Gasteiger partial charge in [0.25, 0.3) is 5.91 Å². The second-order valence-corrected chi connectivity index (χ2v) is 6.22. The third-order valence-corrected chi connectivity index (χ3v) is 4.08. The molecule has 23 heavy (non-hydrogen) atoms. The number of carbonyl (C=O) groups excluding carboxylic acids is 1.